The lowest BCUT2D eigenvalue weighted by Gasteiger charge is -2.24. The van der Waals surface area contributed by atoms with E-state index in [4.69, 9.17) is 141 Å². The van der Waals surface area contributed by atoms with E-state index in [1.807, 2.05) is 6.92 Å². The summed E-state index contributed by atoms with van der Waals surface area (Å²) in [6.07, 6.45) is -5.64. The summed E-state index contributed by atoms with van der Waals surface area (Å²) in [4.78, 5) is 85.2. The van der Waals surface area contributed by atoms with Crippen molar-refractivity contribution in [3.05, 3.63) is 215 Å². The number of aliphatic hydroxyl groups excluding tert-OH is 4. The molecule has 12 rings (SSSR count). The van der Waals surface area contributed by atoms with E-state index in [2.05, 4.69) is 19.9 Å². The molecule has 9 N–H and O–H groups in total. The number of carbonyl (C=O) groups excluding carboxylic acids is 4. The van der Waals surface area contributed by atoms with Crippen molar-refractivity contribution in [2.24, 2.45) is 47.3 Å². The van der Waals surface area contributed by atoms with Crippen molar-refractivity contribution < 1.29 is 132 Å². The number of hydrogen-bond acceptors (Lipinski definition) is 37. The molecule has 4 aliphatic heterocycles. The van der Waals surface area contributed by atoms with E-state index < -0.39 is 169 Å². The number of para-hydroxylation sites is 4. The first-order valence-electron chi connectivity index (χ1n) is 45.3. The Labute approximate surface area is 836 Å². The number of aromatic amines is 3. The number of aromatic nitrogens is 8. The van der Waals surface area contributed by atoms with Crippen molar-refractivity contribution in [3.63, 3.8) is 0 Å². The quantitative estimate of drug-likeness (QED) is 0.00765. The number of nitrogens with one attached hydrogen (secondary N) is 3. The number of hydrogen-bond donors (Lipinski definition) is 8. The van der Waals surface area contributed by atoms with Crippen LogP contribution in [-0.4, -0.2) is 207 Å². The Morgan fingerprint density at radius 2 is 0.621 bits per heavy atom. The molecule has 8 heterocycles. The number of ether oxygens (including phenoxy) is 8. The highest BCUT2D eigenvalue weighted by atomic mass is 32.1. The number of esters is 4. The van der Waals surface area contributed by atoms with E-state index in [1.165, 1.54) is 27.6 Å². The SMILES string of the molecule is CC(C)OC(=O)[C@H](C)CP(=O)(OC[C@H]1O[C@@H](n2ccc(=O)[nH]c2=S)C(C)[C@H]1O)Oc1ccccc1.CC(C)OC(=O)[C@H](C)CP(=O)(OC[C@H]1O[C@@H](n2ccc(=S)[nH]c2=O)C(C)[C@H]1O)Oc1ccccc1.CC(C)OC(=O)[C@H](C)CP(=O)(OC[C@H]1O[C@@H](n2ccc(=S)[nH]c2=S)C(C)[C@H]1O)Oc1ccccc1.CC(C)OC(=O)[C@H](C)CP(=O)(OC[C@H]1O[C@@H](n2ccc(N)nc2=S)C(C)[C@H]1O)Oc1ccccc1. The van der Waals surface area contributed by atoms with Crippen molar-refractivity contribution in [2.45, 2.75) is 209 Å². The molecule has 0 radical (unpaired) electrons. The maximum absolute atomic E-state index is 13.7. The zero-order chi connectivity index (χ0) is 103. The number of aliphatic hydroxyl groups is 4. The highest BCUT2D eigenvalue weighted by Crippen LogP contribution is 2.56. The van der Waals surface area contributed by atoms with Crippen molar-refractivity contribution in [1.82, 2.24) is 38.2 Å². The lowest BCUT2D eigenvalue weighted by Crippen LogP contribution is -2.31. The molecule has 4 aromatic carbocycles. The predicted octanol–water partition coefficient (Wildman–Crippen LogP) is 16.4. The largest absolute Gasteiger partial charge is 0.463 e. The fraction of sp³-hybridized carbons (Fsp3) is 0.522. The first-order valence-corrected chi connectivity index (χ1v) is 54.3. The number of benzene rings is 4. The van der Waals surface area contributed by atoms with Gasteiger partial charge in [-0.3, -0.25) is 70.3 Å². The molecule has 768 valence electrons. The minimum absolute atomic E-state index is 0.152. The Morgan fingerprint density at radius 3 is 0.886 bits per heavy atom. The van der Waals surface area contributed by atoms with Crippen LogP contribution in [0.25, 0.3) is 0 Å². The Balaban J connectivity index is 0.000000209. The number of nitrogen functional groups attached to an aromatic ring is 1. The molecular formula is C92H125N9O30P4S5. The van der Waals surface area contributed by atoms with Crippen LogP contribution in [0.5, 0.6) is 23.0 Å². The van der Waals surface area contributed by atoms with Gasteiger partial charge in [0.2, 0.25) is 4.77 Å². The van der Waals surface area contributed by atoms with Gasteiger partial charge in [0, 0.05) is 54.5 Å². The number of nitrogens with zero attached hydrogens (tertiary/aromatic N) is 5. The summed E-state index contributed by atoms with van der Waals surface area (Å²) in [5.41, 5.74) is 4.86. The van der Waals surface area contributed by atoms with E-state index in [1.54, 1.807) is 265 Å². The van der Waals surface area contributed by atoms with Gasteiger partial charge in [0.05, 0.1) is 124 Å². The van der Waals surface area contributed by atoms with Crippen LogP contribution in [0.15, 0.2) is 180 Å². The molecule has 39 nitrogen and oxygen atoms in total. The van der Waals surface area contributed by atoms with Crippen LogP contribution in [0.4, 0.5) is 5.82 Å². The van der Waals surface area contributed by atoms with E-state index in [9.17, 15) is 67.5 Å². The maximum Gasteiger partial charge on any atom is 0.380 e. The van der Waals surface area contributed by atoms with Crippen LogP contribution in [-0.2, 0) is 93.4 Å². The third-order valence-corrected chi connectivity index (χ3v) is 31.4. The standard InChI is InChI=1S/C23H32N3O7PS.2C23H31N2O8PS.C23H31N2O7PS2/c1-14(2)31-22(28)15(3)13-34(29,33-17-8-6-5-7-9-17)30-12-18-20(27)16(4)21(32-18)26-11-10-19(24)25-23(26)35;1-14(2)31-22(27)15(3)13-34(29,33-17-8-6-5-7-9-17)30-12-18-20(26)16(4)21(32-18)25-11-10-19(35)24-23(25)28;1-14(2)31-22(28)15(3)13-34(29,33-17-8-6-5-7-9-17)30-12-18-20(27)16(4)21(32-18)25-11-10-19(26)24-23(25)35;1-14(2)30-22(27)15(3)13-33(28,32-17-8-6-5-7-9-17)29-12-18-20(26)16(4)21(31-18)25-11-10-19(34)24-23(25)35/h5-11,14-16,18,20-21,27H,12-13H2,1-4H3,(H2,24,25,35);5-11,14-16,18,20-21,26H,12-13H2,1-4H3,(H,24,28,35);5-11,14-16,18,20-21,27H,12-13H2,1-4H3,(H,24,26,35);5-11,14-16,18,20-21,26H,12-13H2,1-4H3,(H,24,34,35)/t3*15-,16?,18-,20-,21-,34?;15-,16?,18-,20-,21-,33?/m1111/s1. The van der Waals surface area contributed by atoms with Crippen LogP contribution in [0, 0.1) is 70.9 Å². The minimum atomic E-state index is -3.88. The van der Waals surface area contributed by atoms with E-state index >= 15 is 0 Å². The van der Waals surface area contributed by atoms with E-state index in [0.29, 0.717) is 32.4 Å². The van der Waals surface area contributed by atoms with Crippen LogP contribution in [0.3, 0.4) is 0 Å². The van der Waals surface area contributed by atoms with Crippen molar-refractivity contribution >= 4 is 121 Å². The maximum atomic E-state index is 13.7. The van der Waals surface area contributed by atoms with Crippen LogP contribution < -0.4 is 35.1 Å². The Bertz CT molecular complexity index is 5630. The normalized spacial score (nSPS) is 24.6. The highest BCUT2D eigenvalue weighted by molar-refractivity contribution is 7.72. The van der Waals surface area contributed by atoms with E-state index in [-0.39, 0.29) is 113 Å². The number of rotatable bonds is 40. The molecule has 0 saturated carbocycles. The van der Waals surface area contributed by atoms with Crippen LogP contribution >= 0.6 is 91.5 Å². The van der Waals surface area contributed by atoms with Gasteiger partial charge in [0.25, 0.3) is 5.56 Å². The average Bonchev–Trinajstić information content (AvgIpc) is 1.67. The van der Waals surface area contributed by atoms with Gasteiger partial charge < -0.3 is 87.1 Å². The van der Waals surface area contributed by atoms with Crippen molar-refractivity contribution in [3.8, 4) is 23.0 Å². The average molecular weight is 2120 g/mol. The van der Waals surface area contributed by atoms with E-state index in [0.717, 1.165) is 0 Å². The molecule has 8 aromatic rings. The summed E-state index contributed by atoms with van der Waals surface area (Å²) in [7, 11) is -15.4. The Hall–Kier alpha value is -8.78. The molecule has 0 amide bonds. The van der Waals surface area contributed by atoms with Gasteiger partial charge in [-0.1, -0.05) is 153 Å². The van der Waals surface area contributed by atoms with Gasteiger partial charge in [-0.2, -0.15) is 0 Å². The summed E-state index contributed by atoms with van der Waals surface area (Å²) in [6, 6.07) is 40.2. The third-order valence-electron chi connectivity index (χ3n) is 21.9. The van der Waals surface area contributed by atoms with Gasteiger partial charge in [-0.05, 0) is 159 Å². The monoisotopic (exact) mass is 2120 g/mol. The number of anilines is 1. The fourth-order valence-electron chi connectivity index (χ4n) is 14.7. The zero-order valence-corrected chi connectivity index (χ0v) is 87.9. The highest BCUT2D eigenvalue weighted by Gasteiger charge is 2.50. The molecule has 140 heavy (non-hydrogen) atoms. The summed E-state index contributed by atoms with van der Waals surface area (Å²) in [5.74, 6) is -5.04. The smallest absolute Gasteiger partial charge is 0.380 e. The Morgan fingerprint density at radius 1 is 0.371 bits per heavy atom. The van der Waals surface area contributed by atoms with Gasteiger partial charge in [0.1, 0.15) is 87.4 Å². The second-order valence-corrected chi connectivity index (χ2v) is 45.4. The van der Waals surface area contributed by atoms with Gasteiger partial charge in [-0.15, -0.1) is 0 Å². The molecule has 24 atom stereocenters. The molecule has 8 unspecified atom stereocenters. The molecule has 4 saturated heterocycles. The molecule has 4 aliphatic rings. The van der Waals surface area contributed by atoms with Gasteiger partial charge >= 0.3 is 60.0 Å². The molecule has 4 aromatic heterocycles. The summed E-state index contributed by atoms with van der Waals surface area (Å²) in [6.45, 7) is 26.4. The predicted molar refractivity (Wildman–Crippen MR) is 530 cm³/mol. The second-order valence-electron chi connectivity index (χ2n) is 35.3. The van der Waals surface area contributed by atoms with Crippen molar-refractivity contribution in [2.75, 3.05) is 56.8 Å². The van der Waals surface area contributed by atoms with Gasteiger partial charge in [0.15, 0.2) is 9.54 Å². The van der Waals surface area contributed by atoms with Crippen molar-refractivity contribution in [1.29, 1.82) is 0 Å². The molecule has 0 bridgehead atoms. The lowest BCUT2D eigenvalue weighted by molar-refractivity contribution is -0.152. The number of H-pyrrole nitrogens is 3. The van der Waals surface area contributed by atoms with Gasteiger partial charge in [-0.25, -0.2) is 28.0 Å². The zero-order valence-electron chi connectivity index (χ0n) is 80.2. The number of nitrogens with two attached hydrogens (primary N) is 1. The molecular weight excluding hydrogens is 2000 g/mol. The third kappa shape index (κ3) is 33.7. The topological polar surface area (TPSA) is 505 Å². The van der Waals surface area contributed by atoms with Crippen LogP contribution in [0.2, 0.25) is 0 Å². The molecule has 48 heteroatoms. The summed E-state index contributed by atoms with van der Waals surface area (Å²) >= 11 is 25.9. The second kappa shape index (κ2) is 52.7. The first kappa shape index (κ1) is 115. The molecule has 4 fully saturated rings. The number of carbonyl (C=O) groups is 4. The van der Waals surface area contributed by atoms with Crippen LogP contribution in [0.1, 0.15) is 136 Å². The first-order chi connectivity index (χ1) is 65.9. The summed E-state index contributed by atoms with van der Waals surface area (Å²) in [5, 5.41) is 43.1. The molecule has 0 spiro atoms. The Kier molecular flexibility index (Phi) is 43.2. The fourth-order valence-corrected chi connectivity index (χ4v) is 23.4. The summed E-state index contributed by atoms with van der Waals surface area (Å²) < 4.78 is 153. The lowest BCUT2D eigenvalue weighted by atomic mass is 10.0. The minimum Gasteiger partial charge on any atom is -0.463 e. The molecule has 0 aliphatic carbocycles.